The van der Waals surface area contributed by atoms with E-state index in [0.29, 0.717) is 23.5 Å². The highest BCUT2D eigenvalue weighted by molar-refractivity contribution is 9.10. The maximum absolute atomic E-state index is 12.2. The van der Waals surface area contributed by atoms with Crippen molar-refractivity contribution in [3.8, 4) is 11.5 Å². The molecular formula is C18H16BrNO5. The van der Waals surface area contributed by atoms with Crippen LogP contribution in [0.25, 0.3) is 6.08 Å². The first-order valence-corrected chi connectivity index (χ1v) is 8.27. The van der Waals surface area contributed by atoms with Crippen LogP contribution >= 0.6 is 15.9 Å². The van der Waals surface area contributed by atoms with Crippen molar-refractivity contribution >= 4 is 28.0 Å². The molecule has 0 aromatic heterocycles. The predicted octanol–water partition coefficient (Wildman–Crippen LogP) is 4.70. The average molecular weight is 406 g/mol. The van der Waals surface area contributed by atoms with E-state index in [1.807, 2.05) is 0 Å². The Bertz CT molecular complexity index is 815. The fourth-order valence-electron chi connectivity index (χ4n) is 2.01. The first-order chi connectivity index (χ1) is 11.9. The molecule has 0 heterocycles. The smallest absolute Gasteiger partial charge is 0.343 e. The molecule has 0 aliphatic carbocycles. The van der Waals surface area contributed by atoms with Gasteiger partial charge < -0.3 is 9.47 Å². The first kappa shape index (κ1) is 18.7. The van der Waals surface area contributed by atoms with Gasteiger partial charge >= 0.3 is 5.97 Å². The molecule has 0 radical (unpaired) electrons. The number of carbonyl (C=O) groups excluding carboxylic acids is 1. The van der Waals surface area contributed by atoms with Crippen LogP contribution in [0.2, 0.25) is 0 Å². The summed E-state index contributed by atoms with van der Waals surface area (Å²) in [5, 5.41) is 10.7. The van der Waals surface area contributed by atoms with Gasteiger partial charge in [0.2, 0.25) is 5.70 Å². The van der Waals surface area contributed by atoms with Crippen molar-refractivity contribution in [3.05, 3.63) is 73.9 Å². The minimum absolute atomic E-state index is 0.00190. The second-order valence-corrected chi connectivity index (χ2v) is 5.99. The quantitative estimate of drug-likeness (QED) is 0.301. The largest absolute Gasteiger partial charge is 0.490 e. The first-order valence-electron chi connectivity index (χ1n) is 7.48. The summed E-state index contributed by atoms with van der Waals surface area (Å²) in [6.45, 7) is 3.57. The second-order valence-electron chi connectivity index (χ2n) is 5.08. The zero-order chi connectivity index (χ0) is 18.4. The summed E-state index contributed by atoms with van der Waals surface area (Å²) in [6.07, 6.45) is 1.42. The van der Waals surface area contributed by atoms with Gasteiger partial charge in [0.05, 0.1) is 17.1 Å². The average Bonchev–Trinajstić information content (AvgIpc) is 2.57. The fraction of sp³-hybridized carbons (Fsp3) is 0.167. The van der Waals surface area contributed by atoms with Gasteiger partial charge in [-0.25, -0.2) is 4.79 Å². The van der Waals surface area contributed by atoms with Crippen LogP contribution < -0.4 is 9.47 Å². The monoisotopic (exact) mass is 405 g/mol. The molecule has 0 bridgehead atoms. The normalized spacial score (nSPS) is 11.1. The summed E-state index contributed by atoms with van der Waals surface area (Å²) in [4.78, 5) is 22.5. The van der Waals surface area contributed by atoms with E-state index in [0.717, 1.165) is 4.47 Å². The van der Waals surface area contributed by atoms with Gasteiger partial charge in [-0.3, -0.25) is 10.1 Å². The van der Waals surface area contributed by atoms with Crippen LogP contribution in [0.15, 0.2) is 52.6 Å². The van der Waals surface area contributed by atoms with Gasteiger partial charge in [0.1, 0.15) is 0 Å². The Kier molecular flexibility index (Phi) is 6.30. The zero-order valence-corrected chi connectivity index (χ0v) is 15.3. The molecular weight excluding hydrogens is 390 g/mol. The third kappa shape index (κ3) is 5.15. The third-order valence-electron chi connectivity index (χ3n) is 3.21. The highest BCUT2D eigenvalue weighted by Crippen LogP contribution is 2.30. The van der Waals surface area contributed by atoms with Crippen LogP contribution in [-0.4, -0.2) is 17.5 Å². The molecule has 7 heteroatoms. The lowest BCUT2D eigenvalue weighted by molar-refractivity contribution is -0.422. The molecule has 0 fully saturated rings. The minimum Gasteiger partial charge on any atom is -0.490 e. The third-order valence-corrected chi connectivity index (χ3v) is 3.74. The van der Waals surface area contributed by atoms with Gasteiger partial charge in [0.25, 0.3) is 0 Å². The van der Waals surface area contributed by atoms with Gasteiger partial charge in [-0.15, -0.1) is 0 Å². The highest BCUT2D eigenvalue weighted by atomic mass is 79.9. The van der Waals surface area contributed by atoms with E-state index in [-0.39, 0.29) is 11.4 Å². The molecule has 0 unspecified atom stereocenters. The van der Waals surface area contributed by atoms with Crippen molar-refractivity contribution in [2.75, 3.05) is 6.61 Å². The van der Waals surface area contributed by atoms with Crippen molar-refractivity contribution in [1.82, 2.24) is 0 Å². The lowest BCUT2D eigenvalue weighted by atomic mass is 10.1. The number of rotatable bonds is 6. The molecule has 130 valence electrons. The standard InChI is InChI=1S/C18H16BrNO5/c1-3-24-17-11-13(10-12(2)20(22)23)4-9-16(17)25-18(21)14-5-7-15(19)8-6-14/h4-11H,3H2,1-2H3/b12-10-. The molecule has 2 aromatic carbocycles. The van der Waals surface area contributed by atoms with Crippen LogP contribution in [0.1, 0.15) is 29.8 Å². The number of allylic oxidation sites excluding steroid dienone is 1. The van der Waals surface area contributed by atoms with E-state index < -0.39 is 10.9 Å². The number of benzene rings is 2. The molecule has 2 rings (SSSR count). The van der Waals surface area contributed by atoms with Crippen molar-refractivity contribution in [1.29, 1.82) is 0 Å². The SMILES string of the molecule is CCOc1cc(/C=C(/C)[N+](=O)[O-])ccc1OC(=O)c1ccc(Br)cc1. The van der Waals surface area contributed by atoms with Crippen molar-refractivity contribution < 1.29 is 19.2 Å². The highest BCUT2D eigenvalue weighted by Gasteiger charge is 2.14. The summed E-state index contributed by atoms with van der Waals surface area (Å²) >= 11 is 3.31. The summed E-state index contributed by atoms with van der Waals surface area (Å²) < 4.78 is 11.7. The number of hydrogen-bond acceptors (Lipinski definition) is 5. The van der Waals surface area contributed by atoms with Crippen LogP contribution in [0.3, 0.4) is 0 Å². The van der Waals surface area contributed by atoms with Gasteiger partial charge in [-0.05, 0) is 48.9 Å². The molecule has 2 aromatic rings. The van der Waals surface area contributed by atoms with Crippen LogP contribution in [0.5, 0.6) is 11.5 Å². The topological polar surface area (TPSA) is 78.7 Å². The fourth-order valence-corrected chi connectivity index (χ4v) is 2.27. The maximum Gasteiger partial charge on any atom is 0.343 e. The molecule has 0 saturated heterocycles. The van der Waals surface area contributed by atoms with E-state index >= 15 is 0 Å². The lowest BCUT2D eigenvalue weighted by Crippen LogP contribution is -2.09. The van der Waals surface area contributed by atoms with Gasteiger partial charge in [0, 0.05) is 17.5 Å². The summed E-state index contributed by atoms with van der Waals surface area (Å²) in [7, 11) is 0. The summed E-state index contributed by atoms with van der Waals surface area (Å²) in [5.41, 5.74) is 0.988. The van der Waals surface area contributed by atoms with Crippen LogP contribution in [0.4, 0.5) is 0 Å². The van der Waals surface area contributed by atoms with E-state index in [2.05, 4.69) is 15.9 Å². The molecule has 0 spiro atoms. The Balaban J connectivity index is 2.27. The number of nitro groups is 1. The molecule has 0 amide bonds. The molecule has 0 aliphatic heterocycles. The minimum atomic E-state index is -0.516. The number of halogens is 1. The number of hydrogen-bond donors (Lipinski definition) is 0. The van der Waals surface area contributed by atoms with Crippen LogP contribution in [-0.2, 0) is 0 Å². The Hall–Kier alpha value is -2.67. The molecule has 0 N–H and O–H groups in total. The Morgan fingerprint density at radius 2 is 1.88 bits per heavy atom. The molecule has 0 aliphatic rings. The Labute approximate surface area is 153 Å². The van der Waals surface area contributed by atoms with Crippen molar-refractivity contribution in [2.24, 2.45) is 0 Å². The number of ether oxygens (including phenoxy) is 2. The predicted molar refractivity (Wildman–Crippen MR) is 97.4 cm³/mol. The Morgan fingerprint density at radius 3 is 2.48 bits per heavy atom. The lowest BCUT2D eigenvalue weighted by Gasteiger charge is -2.11. The summed E-state index contributed by atoms with van der Waals surface area (Å²) in [5.74, 6) is 0.0850. The number of carbonyl (C=O) groups is 1. The molecule has 0 atom stereocenters. The van der Waals surface area contributed by atoms with Gasteiger partial charge in [0.15, 0.2) is 11.5 Å². The maximum atomic E-state index is 12.2. The Morgan fingerprint density at radius 1 is 1.20 bits per heavy atom. The van der Waals surface area contributed by atoms with E-state index in [9.17, 15) is 14.9 Å². The van der Waals surface area contributed by atoms with E-state index in [1.165, 1.54) is 13.0 Å². The summed E-state index contributed by atoms with van der Waals surface area (Å²) in [6, 6.07) is 11.6. The molecule has 6 nitrogen and oxygen atoms in total. The molecule has 25 heavy (non-hydrogen) atoms. The van der Waals surface area contributed by atoms with Gasteiger partial charge in [-0.1, -0.05) is 22.0 Å². The van der Waals surface area contributed by atoms with Crippen LogP contribution in [0, 0.1) is 10.1 Å². The van der Waals surface area contributed by atoms with E-state index in [4.69, 9.17) is 9.47 Å². The van der Waals surface area contributed by atoms with Crippen molar-refractivity contribution in [2.45, 2.75) is 13.8 Å². The second kappa shape index (κ2) is 8.43. The van der Waals surface area contributed by atoms with Gasteiger partial charge in [-0.2, -0.15) is 0 Å². The molecule has 0 saturated carbocycles. The van der Waals surface area contributed by atoms with E-state index in [1.54, 1.807) is 49.4 Å². The zero-order valence-electron chi connectivity index (χ0n) is 13.7. The number of esters is 1. The number of nitrogens with zero attached hydrogens (tertiary/aromatic N) is 1. The van der Waals surface area contributed by atoms with Crippen molar-refractivity contribution in [3.63, 3.8) is 0 Å².